The molecule has 2 nitrogen and oxygen atoms in total. The number of rotatable bonds is 8. The van der Waals surface area contributed by atoms with Crippen LogP contribution in [0.25, 0.3) is 0 Å². The summed E-state index contributed by atoms with van der Waals surface area (Å²) < 4.78 is 0. The molecule has 102 valence electrons. The third-order valence-electron chi connectivity index (χ3n) is 3.47. The molecule has 18 heavy (non-hydrogen) atoms. The summed E-state index contributed by atoms with van der Waals surface area (Å²) in [5.41, 5.74) is 2.65. The monoisotopic (exact) mass is 248 g/mol. The highest BCUT2D eigenvalue weighted by Gasteiger charge is 2.11. The van der Waals surface area contributed by atoms with Crippen molar-refractivity contribution in [2.24, 2.45) is 0 Å². The number of hydrogen-bond acceptors (Lipinski definition) is 2. The second-order valence-electron chi connectivity index (χ2n) is 4.92. The van der Waals surface area contributed by atoms with Crippen molar-refractivity contribution in [3.63, 3.8) is 0 Å². The topological polar surface area (TPSA) is 24.1 Å². The fraction of sp³-hybridized carbons (Fsp3) is 0.625. The fourth-order valence-corrected chi connectivity index (χ4v) is 2.19. The van der Waals surface area contributed by atoms with Crippen LogP contribution in [0.2, 0.25) is 0 Å². The highest BCUT2D eigenvalue weighted by Crippen LogP contribution is 2.24. The largest absolute Gasteiger partial charge is 0.382 e. The van der Waals surface area contributed by atoms with Crippen LogP contribution in [0.4, 0.5) is 5.69 Å². The summed E-state index contributed by atoms with van der Waals surface area (Å²) in [6.07, 6.45) is 3.51. The zero-order valence-corrected chi connectivity index (χ0v) is 12.3. The van der Waals surface area contributed by atoms with Crippen molar-refractivity contribution in [3.8, 4) is 0 Å². The summed E-state index contributed by atoms with van der Waals surface area (Å²) in [4.78, 5) is 0. The van der Waals surface area contributed by atoms with Crippen LogP contribution in [-0.4, -0.2) is 12.6 Å². The van der Waals surface area contributed by atoms with Gasteiger partial charge in [-0.2, -0.15) is 0 Å². The van der Waals surface area contributed by atoms with E-state index in [4.69, 9.17) is 0 Å². The molecule has 0 spiro atoms. The second kappa shape index (κ2) is 8.15. The molecule has 1 unspecified atom stereocenters. The van der Waals surface area contributed by atoms with E-state index in [0.29, 0.717) is 12.1 Å². The van der Waals surface area contributed by atoms with E-state index in [-0.39, 0.29) is 0 Å². The molecule has 1 aromatic rings. The van der Waals surface area contributed by atoms with Crippen molar-refractivity contribution in [1.82, 2.24) is 5.32 Å². The molecule has 0 aliphatic heterocycles. The van der Waals surface area contributed by atoms with Crippen molar-refractivity contribution in [1.29, 1.82) is 0 Å². The highest BCUT2D eigenvalue weighted by molar-refractivity contribution is 5.53. The summed E-state index contributed by atoms with van der Waals surface area (Å²) in [6, 6.07) is 9.63. The maximum atomic E-state index is 3.66. The van der Waals surface area contributed by atoms with E-state index in [9.17, 15) is 0 Å². The van der Waals surface area contributed by atoms with Crippen molar-refractivity contribution in [3.05, 3.63) is 29.8 Å². The van der Waals surface area contributed by atoms with Gasteiger partial charge in [-0.25, -0.2) is 0 Å². The fourth-order valence-electron chi connectivity index (χ4n) is 2.19. The molecule has 0 bridgehead atoms. The molecule has 0 aliphatic rings. The molecule has 1 aromatic carbocycles. The van der Waals surface area contributed by atoms with Gasteiger partial charge in [-0.1, -0.05) is 39.0 Å². The van der Waals surface area contributed by atoms with Gasteiger partial charge < -0.3 is 10.6 Å². The van der Waals surface area contributed by atoms with E-state index in [1.54, 1.807) is 0 Å². The number of para-hydroxylation sites is 1. The molecule has 0 fully saturated rings. The van der Waals surface area contributed by atoms with Crippen LogP contribution >= 0.6 is 0 Å². The Hall–Kier alpha value is -1.02. The van der Waals surface area contributed by atoms with Gasteiger partial charge in [-0.3, -0.25) is 0 Å². The Bertz CT molecular complexity index is 332. The Morgan fingerprint density at radius 2 is 1.72 bits per heavy atom. The van der Waals surface area contributed by atoms with Crippen molar-refractivity contribution < 1.29 is 0 Å². The SMILES string of the molecule is CCCNC(C)c1ccccc1NC(CC)CC. The van der Waals surface area contributed by atoms with Crippen molar-refractivity contribution in [2.75, 3.05) is 11.9 Å². The first kappa shape index (κ1) is 15.0. The first-order valence-corrected chi connectivity index (χ1v) is 7.31. The van der Waals surface area contributed by atoms with Gasteiger partial charge in [0.1, 0.15) is 0 Å². The van der Waals surface area contributed by atoms with Crippen LogP contribution in [0.1, 0.15) is 58.6 Å². The quantitative estimate of drug-likeness (QED) is 0.715. The molecular weight excluding hydrogens is 220 g/mol. The van der Waals surface area contributed by atoms with E-state index in [2.05, 4.69) is 62.6 Å². The van der Waals surface area contributed by atoms with Crippen LogP contribution in [0.15, 0.2) is 24.3 Å². The maximum absolute atomic E-state index is 3.66. The summed E-state index contributed by atoms with van der Waals surface area (Å²) in [5, 5.41) is 7.22. The summed E-state index contributed by atoms with van der Waals surface area (Å²) in [7, 11) is 0. The molecule has 1 atom stereocenters. The van der Waals surface area contributed by atoms with E-state index in [0.717, 1.165) is 6.54 Å². The van der Waals surface area contributed by atoms with E-state index in [1.165, 1.54) is 30.5 Å². The Morgan fingerprint density at radius 3 is 2.33 bits per heavy atom. The number of hydrogen-bond donors (Lipinski definition) is 2. The zero-order chi connectivity index (χ0) is 13.4. The lowest BCUT2D eigenvalue weighted by Crippen LogP contribution is -2.23. The molecule has 0 saturated carbocycles. The minimum atomic E-state index is 0.406. The number of anilines is 1. The third kappa shape index (κ3) is 4.34. The number of benzene rings is 1. The average Bonchev–Trinajstić information content (AvgIpc) is 2.42. The van der Waals surface area contributed by atoms with Crippen LogP contribution in [0.3, 0.4) is 0 Å². The minimum Gasteiger partial charge on any atom is -0.382 e. The first-order valence-electron chi connectivity index (χ1n) is 7.31. The van der Waals surface area contributed by atoms with Gasteiger partial charge in [0, 0.05) is 17.8 Å². The third-order valence-corrected chi connectivity index (χ3v) is 3.47. The molecule has 0 aliphatic carbocycles. The smallest absolute Gasteiger partial charge is 0.0390 e. The van der Waals surface area contributed by atoms with Crippen LogP contribution in [0, 0.1) is 0 Å². The molecule has 0 aromatic heterocycles. The van der Waals surface area contributed by atoms with Crippen LogP contribution < -0.4 is 10.6 Å². The molecular formula is C16H28N2. The van der Waals surface area contributed by atoms with Crippen LogP contribution in [0.5, 0.6) is 0 Å². The molecule has 0 heterocycles. The van der Waals surface area contributed by atoms with Gasteiger partial charge in [0.2, 0.25) is 0 Å². The standard InChI is InChI=1S/C16H28N2/c1-5-12-17-13(4)15-10-8-9-11-16(15)18-14(6-2)7-3/h8-11,13-14,17-18H,5-7,12H2,1-4H3. The lowest BCUT2D eigenvalue weighted by Gasteiger charge is -2.22. The number of nitrogens with one attached hydrogen (secondary N) is 2. The Kier molecular flexibility index (Phi) is 6.81. The van der Waals surface area contributed by atoms with E-state index < -0.39 is 0 Å². The molecule has 0 saturated heterocycles. The van der Waals surface area contributed by atoms with Crippen molar-refractivity contribution in [2.45, 2.75) is 59.0 Å². The summed E-state index contributed by atoms with van der Waals surface area (Å²) >= 11 is 0. The molecule has 0 amide bonds. The van der Waals surface area contributed by atoms with Gasteiger partial charge in [0.15, 0.2) is 0 Å². The lowest BCUT2D eigenvalue weighted by atomic mass is 10.0. The molecule has 1 rings (SSSR count). The molecule has 2 N–H and O–H groups in total. The Balaban J connectivity index is 2.78. The normalized spacial score (nSPS) is 12.7. The van der Waals surface area contributed by atoms with Crippen molar-refractivity contribution >= 4 is 5.69 Å². The zero-order valence-electron chi connectivity index (χ0n) is 12.3. The van der Waals surface area contributed by atoms with Gasteiger partial charge in [-0.05, 0) is 44.4 Å². The van der Waals surface area contributed by atoms with Gasteiger partial charge in [-0.15, -0.1) is 0 Å². The van der Waals surface area contributed by atoms with Gasteiger partial charge in [0.25, 0.3) is 0 Å². The van der Waals surface area contributed by atoms with Crippen LogP contribution in [-0.2, 0) is 0 Å². The summed E-state index contributed by atoms with van der Waals surface area (Å²) in [6.45, 7) is 9.99. The summed E-state index contributed by atoms with van der Waals surface area (Å²) in [5.74, 6) is 0. The Labute approximate surface area is 112 Å². The maximum Gasteiger partial charge on any atom is 0.0390 e. The average molecular weight is 248 g/mol. The Morgan fingerprint density at radius 1 is 1.06 bits per heavy atom. The van der Waals surface area contributed by atoms with E-state index >= 15 is 0 Å². The highest BCUT2D eigenvalue weighted by atomic mass is 14.9. The second-order valence-corrected chi connectivity index (χ2v) is 4.92. The van der Waals surface area contributed by atoms with E-state index in [1.807, 2.05) is 0 Å². The molecule has 0 radical (unpaired) electrons. The predicted octanol–water partition coefficient (Wildman–Crippen LogP) is 4.35. The molecule has 2 heteroatoms. The van der Waals surface area contributed by atoms with Gasteiger partial charge >= 0.3 is 0 Å². The first-order chi connectivity index (χ1) is 8.72. The predicted molar refractivity (Wildman–Crippen MR) is 81.1 cm³/mol. The van der Waals surface area contributed by atoms with Gasteiger partial charge in [0.05, 0.1) is 0 Å². The lowest BCUT2D eigenvalue weighted by molar-refractivity contribution is 0.569. The minimum absolute atomic E-state index is 0.406.